The van der Waals surface area contributed by atoms with Gasteiger partial charge < -0.3 is 5.11 Å². The molecular formula is C12H15N3O. The molecule has 0 fully saturated rings. The third kappa shape index (κ3) is 2.28. The Morgan fingerprint density at radius 2 is 2.00 bits per heavy atom. The summed E-state index contributed by atoms with van der Waals surface area (Å²) in [5.74, 6) is 0. The molecule has 0 aliphatic heterocycles. The summed E-state index contributed by atoms with van der Waals surface area (Å²) in [6, 6.07) is 9.59. The molecule has 1 atom stereocenters. The first kappa shape index (κ1) is 10.8. The number of benzene rings is 1. The van der Waals surface area contributed by atoms with Gasteiger partial charge in [0, 0.05) is 19.7 Å². The minimum atomic E-state index is -0.905. The highest BCUT2D eigenvalue weighted by Gasteiger charge is 2.24. The highest BCUT2D eigenvalue weighted by molar-refractivity contribution is 5.23. The van der Waals surface area contributed by atoms with E-state index in [-0.39, 0.29) is 0 Å². The molecule has 0 amide bonds. The molecule has 0 spiro atoms. The average molecular weight is 217 g/mol. The van der Waals surface area contributed by atoms with Crippen LogP contribution in [0.1, 0.15) is 18.2 Å². The quantitative estimate of drug-likeness (QED) is 0.842. The number of rotatable bonds is 3. The zero-order valence-corrected chi connectivity index (χ0v) is 9.46. The highest BCUT2D eigenvalue weighted by atomic mass is 16.3. The Hall–Kier alpha value is -1.68. The summed E-state index contributed by atoms with van der Waals surface area (Å²) in [6.45, 7) is 1.79. The van der Waals surface area contributed by atoms with Gasteiger partial charge in [-0.3, -0.25) is 4.68 Å². The van der Waals surface area contributed by atoms with Crippen LogP contribution in [-0.4, -0.2) is 20.1 Å². The fraction of sp³-hybridized carbons (Fsp3) is 0.333. The van der Waals surface area contributed by atoms with Gasteiger partial charge in [0.25, 0.3) is 0 Å². The third-order valence-electron chi connectivity index (χ3n) is 2.57. The first-order valence-corrected chi connectivity index (χ1v) is 5.21. The molecule has 1 aromatic carbocycles. The normalized spacial score (nSPS) is 14.7. The standard InChI is InChI=1S/C12H15N3O/c1-12(16,10-6-4-3-5-7-10)8-11-9-15(2)14-13-11/h3-7,9,16H,8H2,1-2H3. The Labute approximate surface area is 94.5 Å². The summed E-state index contributed by atoms with van der Waals surface area (Å²) in [7, 11) is 1.81. The molecule has 0 saturated carbocycles. The van der Waals surface area contributed by atoms with Crippen molar-refractivity contribution in [3.8, 4) is 0 Å². The molecule has 0 radical (unpaired) electrons. The van der Waals surface area contributed by atoms with Crippen molar-refractivity contribution in [1.82, 2.24) is 15.0 Å². The van der Waals surface area contributed by atoms with Crippen LogP contribution in [0.4, 0.5) is 0 Å². The van der Waals surface area contributed by atoms with E-state index in [1.54, 1.807) is 11.6 Å². The second kappa shape index (κ2) is 4.06. The summed E-state index contributed by atoms with van der Waals surface area (Å²) < 4.78 is 1.64. The lowest BCUT2D eigenvalue weighted by Crippen LogP contribution is -2.24. The van der Waals surface area contributed by atoms with Crippen LogP contribution >= 0.6 is 0 Å². The van der Waals surface area contributed by atoms with Crippen molar-refractivity contribution in [2.24, 2.45) is 7.05 Å². The van der Waals surface area contributed by atoms with Crippen molar-refractivity contribution in [1.29, 1.82) is 0 Å². The van der Waals surface area contributed by atoms with Gasteiger partial charge in [-0.05, 0) is 12.5 Å². The van der Waals surface area contributed by atoms with Crippen LogP contribution in [0.25, 0.3) is 0 Å². The number of hydrogen-bond donors (Lipinski definition) is 1. The minimum Gasteiger partial charge on any atom is -0.385 e. The van der Waals surface area contributed by atoms with Crippen molar-refractivity contribution < 1.29 is 5.11 Å². The van der Waals surface area contributed by atoms with E-state index in [0.717, 1.165) is 11.3 Å². The van der Waals surface area contributed by atoms with E-state index in [4.69, 9.17) is 0 Å². The zero-order valence-electron chi connectivity index (χ0n) is 9.46. The van der Waals surface area contributed by atoms with E-state index in [1.807, 2.05) is 43.6 Å². The maximum atomic E-state index is 10.4. The topological polar surface area (TPSA) is 50.9 Å². The molecule has 0 aliphatic rings. The van der Waals surface area contributed by atoms with Crippen molar-refractivity contribution in [2.75, 3.05) is 0 Å². The van der Waals surface area contributed by atoms with E-state index in [9.17, 15) is 5.11 Å². The van der Waals surface area contributed by atoms with Crippen LogP contribution in [0.15, 0.2) is 36.5 Å². The predicted molar refractivity (Wildman–Crippen MR) is 60.7 cm³/mol. The summed E-state index contributed by atoms with van der Waals surface area (Å²) in [5, 5.41) is 18.2. The fourth-order valence-electron chi connectivity index (χ4n) is 1.73. The zero-order chi connectivity index (χ0) is 11.6. The summed E-state index contributed by atoms with van der Waals surface area (Å²) >= 11 is 0. The van der Waals surface area contributed by atoms with Gasteiger partial charge in [-0.2, -0.15) is 0 Å². The SMILES string of the molecule is Cn1cc(CC(C)(O)c2ccccc2)nn1. The molecule has 4 nitrogen and oxygen atoms in total. The smallest absolute Gasteiger partial charge is 0.0925 e. The van der Waals surface area contributed by atoms with Crippen LogP contribution in [0, 0.1) is 0 Å². The Bertz CT molecular complexity index is 462. The number of aromatic nitrogens is 3. The number of aliphatic hydroxyl groups is 1. The molecule has 0 saturated heterocycles. The molecule has 0 bridgehead atoms. The summed E-state index contributed by atoms with van der Waals surface area (Å²) in [5.41, 5.74) is 0.772. The molecule has 1 unspecified atom stereocenters. The Morgan fingerprint density at radius 3 is 2.56 bits per heavy atom. The summed E-state index contributed by atoms with van der Waals surface area (Å²) in [4.78, 5) is 0. The van der Waals surface area contributed by atoms with Gasteiger partial charge in [0.15, 0.2) is 0 Å². The van der Waals surface area contributed by atoms with Crippen molar-refractivity contribution in [2.45, 2.75) is 18.9 Å². The monoisotopic (exact) mass is 217 g/mol. The molecule has 16 heavy (non-hydrogen) atoms. The molecule has 4 heteroatoms. The molecule has 1 aromatic heterocycles. The molecular weight excluding hydrogens is 202 g/mol. The van der Waals surface area contributed by atoms with Gasteiger partial charge in [0.05, 0.1) is 11.3 Å². The van der Waals surface area contributed by atoms with Gasteiger partial charge in [0.2, 0.25) is 0 Å². The van der Waals surface area contributed by atoms with Crippen LogP contribution in [0.5, 0.6) is 0 Å². The lowest BCUT2D eigenvalue weighted by Gasteiger charge is -2.22. The van der Waals surface area contributed by atoms with Gasteiger partial charge in [-0.25, -0.2) is 0 Å². The van der Waals surface area contributed by atoms with E-state index >= 15 is 0 Å². The molecule has 84 valence electrons. The van der Waals surface area contributed by atoms with Crippen LogP contribution in [0.2, 0.25) is 0 Å². The van der Waals surface area contributed by atoms with E-state index < -0.39 is 5.60 Å². The maximum Gasteiger partial charge on any atom is 0.0925 e. The first-order valence-electron chi connectivity index (χ1n) is 5.21. The van der Waals surface area contributed by atoms with Crippen molar-refractivity contribution in [3.63, 3.8) is 0 Å². The Kier molecular flexibility index (Phi) is 2.75. The molecule has 1 N–H and O–H groups in total. The van der Waals surface area contributed by atoms with Gasteiger partial charge >= 0.3 is 0 Å². The number of hydrogen-bond acceptors (Lipinski definition) is 3. The number of nitrogens with zero attached hydrogens (tertiary/aromatic N) is 3. The van der Waals surface area contributed by atoms with Crippen molar-refractivity contribution in [3.05, 3.63) is 47.8 Å². The minimum absolute atomic E-state index is 0.463. The number of aryl methyl sites for hydroxylation is 1. The second-order valence-electron chi connectivity index (χ2n) is 4.20. The highest BCUT2D eigenvalue weighted by Crippen LogP contribution is 2.23. The molecule has 1 heterocycles. The van der Waals surface area contributed by atoms with Gasteiger partial charge in [0.1, 0.15) is 0 Å². The van der Waals surface area contributed by atoms with Crippen molar-refractivity contribution >= 4 is 0 Å². The van der Waals surface area contributed by atoms with Gasteiger partial charge in [-0.15, -0.1) is 5.10 Å². The second-order valence-corrected chi connectivity index (χ2v) is 4.20. The fourth-order valence-corrected chi connectivity index (χ4v) is 1.73. The molecule has 0 aliphatic carbocycles. The van der Waals surface area contributed by atoms with Gasteiger partial charge in [-0.1, -0.05) is 35.5 Å². The Balaban J connectivity index is 2.20. The Morgan fingerprint density at radius 1 is 1.31 bits per heavy atom. The average Bonchev–Trinajstić information content (AvgIpc) is 2.64. The van der Waals surface area contributed by atoms with Crippen LogP contribution in [-0.2, 0) is 19.1 Å². The third-order valence-corrected chi connectivity index (χ3v) is 2.57. The summed E-state index contributed by atoms with van der Waals surface area (Å²) in [6.07, 6.45) is 2.28. The predicted octanol–water partition coefficient (Wildman–Crippen LogP) is 1.27. The van der Waals surface area contributed by atoms with E-state index in [2.05, 4.69) is 10.3 Å². The maximum absolute atomic E-state index is 10.4. The molecule has 2 aromatic rings. The van der Waals surface area contributed by atoms with Crippen LogP contribution in [0.3, 0.4) is 0 Å². The van der Waals surface area contributed by atoms with Crippen LogP contribution < -0.4 is 0 Å². The largest absolute Gasteiger partial charge is 0.385 e. The first-order chi connectivity index (χ1) is 7.58. The van der Waals surface area contributed by atoms with E-state index in [1.165, 1.54) is 0 Å². The lowest BCUT2D eigenvalue weighted by molar-refractivity contribution is 0.0565. The van der Waals surface area contributed by atoms with E-state index in [0.29, 0.717) is 6.42 Å². The lowest BCUT2D eigenvalue weighted by atomic mass is 9.91. The molecule has 2 rings (SSSR count).